The summed E-state index contributed by atoms with van der Waals surface area (Å²) < 4.78 is 0. The van der Waals surface area contributed by atoms with Crippen LogP contribution in [-0.2, 0) is 0 Å². The molecule has 2 aromatic carbocycles. The zero-order valence-corrected chi connectivity index (χ0v) is 15.7. The third kappa shape index (κ3) is 4.35. The summed E-state index contributed by atoms with van der Waals surface area (Å²) >= 11 is 7.65. The second-order valence-electron chi connectivity index (χ2n) is 5.95. The van der Waals surface area contributed by atoms with E-state index in [1.165, 1.54) is 0 Å². The van der Waals surface area contributed by atoms with Crippen LogP contribution in [0.1, 0.15) is 25.5 Å². The molecule has 2 amide bonds. The van der Waals surface area contributed by atoms with Gasteiger partial charge in [-0.1, -0.05) is 66.7 Å². The monoisotopic (exact) mass is 373 g/mol. The summed E-state index contributed by atoms with van der Waals surface area (Å²) in [6, 6.07) is 16.8. The van der Waals surface area contributed by atoms with Gasteiger partial charge in [0.05, 0.1) is 12.6 Å². The van der Waals surface area contributed by atoms with Gasteiger partial charge in [0.2, 0.25) is 0 Å². The van der Waals surface area contributed by atoms with E-state index >= 15 is 0 Å². The molecule has 2 aromatic rings. The topological polar surface area (TPSA) is 44.7 Å². The lowest BCUT2D eigenvalue weighted by atomic mass is 10.1. The lowest BCUT2D eigenvalue weighted by molar-refractivity contribution is 0.225. The molecule has 0 fully saturated rings. The van der Waals surface area contributed by atoms with Gasteiger partial charge in [-0.15, -0.1) is 0 Å². The largest absolute Gasteiger partial charge is 0.328 e. The van der Waals surface area contributed by atoms with Crippen molar-refractivity contribution in [3.63, 3.8) is 0 Å². The summed E-state index contributed by atoms with van der Waals surface area (Å²) in [5, 5.41) is 4.65. The Balaban J connectivity index is 1.87. The second-order valence-corrected chi connectivity index (χ2v) is 7.79. The van der Waals surface area contributed by atoms with Crippen LogP contribution in [0, 0.1) is 0 Å². The van der Waals surface area contributed by atoms with Crippen LogP contribution < -0.4 is 5.32 Å². The Morgan fingerprint density at radius 2 is 2.04 bits per heavy atom. The summed E-state index contributed by atoms with van der Waals surface area (Å²) in [6.07, 6.45) is 0. The van der Waals surface area contributed by atoms with Gasteiger partial charge in [0.1, 0.15) is 0 Å². The van der Waals surface area contributed by atoms with Crippen LogP contribution in [0.2, 0.25) is 5.02 Å². The number of anilines is 1. The average Bonchev–Trinajstić information content (AvgIpc) is 3.01. The molecule has 25 heavy (non-hydrogen) atoms. The van der Waals surface area contributed by atoms with E-state index in [2.05, 4.69) is 17.2 Å². The van der Waals surface area contributed by atoms with Gasteiger partial charge in [-0.05, 0) is 30.7 Å². The Kier molecular flexibility index (Phi) is 5.66. The molecule has 0 saturated heterocycles. The maximum absolute atomic E-state index is 13.0. The van der Waals surface area contributed by atoms with Crippen molar-refractivity contribution in [2.75, 3.05) is 11.9 Å². The van der Waals surface area contributed by atoms with Gasteiger partial charge in [-0.3, -0.25) is 9.89 Å². The quantitative estimate of drug-likeness (QED) is 0.779. The molecular formula is C19H20ClN3OS. The molecule has 4 nitrogen and oxygen atoms in total. The second kappa shape index (κ2) is 7.93. The maximum atomic E-state index is 13.0. The Morgan fingerprint density at radius 3 is 2.68 bits per heavy atom. The molecule has 2 atom stereocenters. The van der Waals surface area contributed by atoms with Crippen LogP contribution in [0.5, 0.6) is 0 Å². The first-order valence-corrected chi connectivity index (χ1v) is 9.42. The summed E-state index contributed by atoms with van der Waals surface area (Å²) in [6.45, 7) is 4.85. The van der Waals surface area contributed by atoms with Gasteiger partial charge >= 0.3 is 6.03 Å². The standard InChI is InChI=1S/C19H20ClN3OS/c1-13-12-21-19(25-13)23(14(2)15-7-4-3-5-8-15)18(24)22-17-10-6-9-16(20)11-17/h3-11,13-14H,12H2,1-2H3,(H,22,24)/t13-,14-/m0/s1. The van der Waals surface area contributed by atoms with Gasteiger partial charge in [-0.25, -0.2) is 4.79 Å². The minimum Gasteiger partial charge on any atom is -0.307 e. The summed E-state index contributed by atoms with van der Waals surface area (Å²) in [4.78, 5) is 19.3. The molecule has 0 bridgehead atoms. The van der Waals surface area contributed by atoms with Crippen LogP contribution in [0.15, 0.2) is 59.6 Å². The molecule has 0 radical (unpaired) electrons. The zero-order valence-electron chi connectivity index (χ0n) is 14.1. The van der Waals surface area contributed by atoms with Crippen molar-refractivity contribution in [3.8, 4) is 0 Å². The number of hydrogen-bond donors (Lipinski definition) is 1. The van der Waals surface area contributed by atoms with Crippen molar-refractivity contribution >= 4 is 40.2 Å². The highest BCUT2D eigenvalue weighted by Crippen LogP contribution is 2.30. The van der Waals surface area contributed by atoms with E-state index in [1.807, 2.05) is 49.4 Å². The first kappa shape index (κ1) is 17.8. The molecule has 130 valence electrons. The number of carbonyl (C=O) groups excluding carboxylic acids is 1. The van der Waals surface area contributed by atoms with Crippen LogP contribution in [0.3, 0.4) is 0 Å². The number of hydrogen-bond acceptors (Lipinski definition) is 3. The smallest absolute Gasteiger partial charge is 0.307 e. The highest BCUT2D eigenvalue weighted by Gasteiger charge is 2.30. The Morgan fingerprint density at radius 1 is 1.28 bits per heavy atom. The SMILES string of the molecule is C[C@H]1CN=C(N(C(=O)Nc2cccc(Cl)c2)[C@@H](C)c2ccccc2)S1. The van der Waals surface area contributed by atoms with Gasteiger partial charge in [0.25, 0.3) is 0 Å². The number of rotatable bonds is 3. The van der Waals surface area contributed by atoms with E-state index in [-0.39, 0.29) is 12.1 Å². The minimum atomic E-state index is -0.209. The molecule has 1 aliphatic rings. The number of urea groups is 1. The Labute approximate surface area is 157 Å². The fourth-order valence-electron chi connectivity index (χ4n) is 2.65. The van der Waals surface area contributed by atoms with E-state index in [0.29, 0.717) is 16.0 Å². The van der Waals surface area contributed by atoms with Crippen LogP contribution >= 0.6 is 23.4 Å². The first-order chi connectivity index (χ1) is 12.0. The number of halogens is 1. The summed E-state index contributed by atoms with van der Waals surface area (Å²) in [7, 11) is 0. The van der Waals surface area contributed by atoms with Gasteiger partial charge < -0.3 is 5.32 Å². The molecule has 0 aromatic heterocycles. The number of carbonyl (C=O) groups is 1. The van der Waals surface area contributed by atoms with E-state index in [4.69, 9.17) is 11.6 Å². The van der Waals surface area contributed by atoms with E-state index < -0.39 is 0 Å². The average molecular weight is 374 g/mol. The van der Waals surface area contributed by atoms with E-state index in [9.17, 15) is 4.79 Å². The van der Waals surface area contributed by atoms with Crippen LogP contribution in [0.25, 0.3) is 0 Å². The van der Waals surface area contributed by atoms with Gasteiger partial charge in [0.15, 0.2) is 5.17 Å². The number of thioether (sulfide) groups is 1. The number of nitrogens with one attached hydrogen (secondary N) is 1. The van der Waals surface area contributed by atoms with Crippen molar-refractivity contribution in [2.24, 2.45) is 4.99 Å². The summed E-state index contributed by atoms with van der Waals surface area (Å²) in [5.41, 5.74) is 1.73. The number of amides is 2. The minimum absolute atomic E-state index is 0.128. The summed E-state index contributed by atoms with van der Waals surface area (Å²) in [5.74, 6) is 0. The molecule has 0 aliphatic carbocycles. The normalized spacial score (nSPS) is 17.7. The lowest BCUT2D eigenvalue weighted by Gasteiger charge is -2.29. The third-order valence-electron chi connectivity index (χ3n) is 3.96. The van der Waals surface area contributed by atoms with E-state index in [0.717, 1.165) is 17.3 Å². The number of benzene rings is 2. The number of nitrogens with zero attached hydrogens (tertiary/aromatic N) is 2. The van der Waals surface area contributed by atoms with Gasteiger partial charge in [-0.2, -0.15) is 0 Å². The Hall–Kier alpha value is -1.98. The molecule has 1 N–H and O–H groups in total. The molecule has 3 rings (SSSR count). The van der Waals surface area contributed by atoms with Crippen LogP contribution in [0.4, 0.5) is 10.5 Å². The number of amidine groups is 1. The van der Waals surface area contributed by atoms with Gasteiger partial charge in [0, 0.05) is 16.0 Å². The molecule has 6 heteroatoms. The molecule has 0 spiro atoms. The first-order valence-electron chi connectivity index (χ1n) is 8.16. The molecule has 0 unspecified atom stereocenters. The van der Waals surface area contributed by atoms with Crippen LogP contribution in [-0.4, -0.2) is 27.9 Å². The molecular weight excluding hydrogens is 354 g/mol. The third-order valence-corrected chi connectivity index (χ3v) is 5.28. The van der Waals surface area contributed by atoms with Crippen molar-refractivity contribution in [1.82, 2.24) is 4.90 Å². The van der Waals surface area contributed by atoms with Crippen molar-refractivity contribution in [2.45, 2.75) is 25.1 Å². The zero-order chi connectivity index (χ0) is 17.8. The van der Waals surface area contributed by atoms with Crippen molar-refractivity contribution in [1.29, 1.82) is 0 Å². The van der Waals surface area contributed by atoms with E-state index in [1.54, 1.807) is 28.8 Å². The molecule has 0 saturated carbocycles. The molecule has 1 aliphatic heterocycles. The predicted octanol–water partition coefficient (Wildman–Crippen LogP) is 5.43. The highest BCUT2D eigenvalue weighted by atomic mass is 35.5. The number of aliphatic imine (C=N–C) groups is 1. The molecule has 1 heterocycles. The van der Waals surface area contributed by atoms with Crippen molar-refractivity contribution < 1.29 is 4.79 Å². The fraction of sp³-hybridized carbons (Fsp3) is 0.263. The fourth-order valence-corrected chi connectivity index (χ4v) is 3.86. The highest BCUT2D eigenvalue weighted by molar-refractivity contribution is 8.14. The Bertz CT molecular complexity index is 781. The predicted molar refractivity (Wildman–Crippen MR) is 107 cm³/mol. The maximum Gasteiger partial charge on any atom is 0.328 e. The lowest BCUT2D eigenvalue weighted by Crippen LogP contribution is -2.40. The van der Waals surface area contributed by atoms with Crippen molar-refractivity contribution in [3.05, 3.63) is 65.2 Å².